The van der Waals surface area contributed by atoms with Crippen LogP contribution in [0.4, 0.5) is 0 Å². The zero-order valence-electron chi connectivity index (χ0n) is 26.3. The largest absolute Gasteiger partial charge is 0.454 e. The van der Waals surface area contributed by atoms with Gasteiger partial charge in [0.05, 0.1) is 27.8 Å². The molecule has 0 aliphatic carbocycles. The highest BCUT2D eigenvalue weighted by Gasteiger charge is 2.20. The van der Waals surface area contributed by atoms with E-state index in [2.05, 4.69) is 161 Å². The van der Waals surface area contributed by atoms with E-state index >= 15 is 0 Å². The van der Waals surface area contributed by atoms with Crippen LogP contribution in [0, 0.1) is 0 Å². The number of furan rings is 1. The van der Waals surface area contributed by atoms with Crippen LogP contribution in [-0.4, -0.2) is 9.13 Å². The molecule has 10 aromatic rings. The van der Waals surface area contributed by atoms with Crippen molar-refractivity contribution in [1.82, 2.24) is 9.13 Å². The monoisotopic (exact) mass is 604 g/mol. The zero-order chi connectivity index (χ0) is 31.5. The highest BCUT2D eigenvalue weighted by Crippen LogP contribution is 2.42. The minimum absolute atomic E-state index is 0.896. The summed E-state index contributed by atoms with van der Waals surface area (Å²) in [5.41, 5.74) is 11.1. The lowest BCUT2D eigenvalue weighted by molar-refractivity contribution is 0.666. The number of hydrogen-bond acceptors (Lipinski definition) is 1. The molecule has 0 unspecified atom stereocenters. The first-order chi connectivity index (χ1) is 23.3. The lowest BCUT2D eigenvalue weighted by Crippen LogP contribution is -1.96. The predicted molar refractivity (Wildman–Crippen MR) is 199 cm³/mol. The van der Waals surface area contributed by atoms with Crippen molar-refractivity contribution < 1.29 is 4.42 Å². The number of para-hydroxylation sites is 5. The van der Waals surface area contributed by atoms with Gasteiger partial charge < -0.3 is 13.6 Å². The van der Waals surface area contributed by atoms with Crippen LogP contribution in [0.3, 0.4) is 0 Å². The van der Waals surface area contributed by atoms with E-state index in [1.807, 2.05) is 19.9 Å². The lowest BCUT2D eigenvalue weighted by atomic mass is 9.99. The van der Waals surface area contributed by atoms with E-state index in [-0.39, 0.29) is 0 Å². The first-order valence-electron chi connectivity index (χ1n) is 16.4. The molecule has 3 heteroatoms. The average molecular weight is 605 g/mol. The Morgan fingerprint density at radius 3 is 1.57 bits per heavy atom. The maximum Gasteiger partial charge on any atom is 0.159 e. The van der Waals surface area contributed by atoms with Gasteiger partial charge in [-0.05, 0) is 71.8 Å². The maximum atomic E-state index is 6.65. The lowest BCUT2D eigenvalue weighted by Gasteiger charge is -2.12. The van der Waals surface area contributed by atoms with Crippen molar-refractivity contribution >= 4 is 65.6 Å². The van der Waals surface area contributed by atoms with Crippen LogP contribution in [0.25, 0.3) is 88.1 Å². The first-order valence-corrected chi connectivity index (χ1v) is 16.4. The number of benzene rings is 7. The molecule has 0 saturated carbocycles. The van der Waals surface area contributed by atoms with Crippen LogP contribution in [0.1, 0.15) is 13.8 Å². The fraction of sp³-hybridized carbons (Fsp3) is 0.0455. The van der Waals surface area contributed by atoms with Crippen LogP contribution in [0.5, 0.6) is 0 Å². The molecule has 0 atom stereocenters. The molecular formula is C44H32N2O. The third kappa shape index (κ3) is 4.06. The van der Waals surface area contributed by atoms with Crippen molar-refractivity contribution in [3.63, 3.8) is 0 Å². The Labute approximate surface area is 272 Å². The fourth-order valence-corrected chi connectivity index (χ4v) is 7.33. The van der Waals surface area contributed by atoms with Gasteiger partial charge in [0.1, 0.15) is 5.58 Å². The van der Waals surface area contributed by atoms with Gasteiger partial charge in [0.2, 0.25) is 0 Å². The summed E-state index contributed by atoms with van der Waals surface area (Å²) in [5.74, 6) is 0. The molecule has 7 aromatic carbocycles. The molecule has 3 heterocycles. The summed E-state index contributed by atoms with van der Waals surface area (Å²) in [5, 5.41) is 7.19. The summed E-state index contributed by atoms with van der Waals surface area (Å²) in [7, 11) is 0. The number of nitrogens with zero attached hydrogens (tertiary/aromatic N) is 2. The number of aromatic nitrogens is 2. The van der Waals surface area contributed by atoms with Crippen LogP contribution in [0.2, 0.25) is 0 Å². The smallest absolute Gasteiger partial charge is 0.159 e. The third-order valence-electron chi connectivity index (χ3n) is 9.30. The molecule has 0 fully saturated rings. The summed E-state index contributed by atoms with van der Waals surface area (Å²) >= 11 is 0. The quantitative estimate of drug-likeness (QED) is 0.197. The summed E-state index contributed by atoms with van der Waals surface area (Å²) in [6, 6.07) is 56.5. The van der Waals surface area contributed by atoms with Crippen molar-refractivity contribution in [2.45, 2.75) is 13.8 Å². The summed E-state index contributed by atoms with van der Waals surface area (Å²) < 4.78 is 11.4. The van der Waals surface area contributed by atoms with Crippen molar-refractivity contribution in [3.8, 4) is 22.5 Å². The Morgan fingerprint density at radius 1 is 0.383 bits per heavy atom. The minimum atomic E-state index is 0.896. The fourth-order valence-electron chi connectivity index (χ4n) is 7.33. The molecular weight excluding hydrogens is 572 g/mol. The van der Waals surface area contributed by atoms with Crippen molar-refractivity contribution in [2.24, 2.45) is 0 Å². The molecule has 224 valence electrons. The summed E-state index contributed by atoms with van der Waals surface area (Å²) in [6.07, 6.45) is 0. The highest BCUT2D eigenvalue weighted by molar-refractivity contribution is 6.14. The van der Waals surface area contributed by atoms with Gasteiger partial charge in [-0.15, -0.1) is 0 Å². The molecule has 3 aromatic heterocycles. The topological polar surface area (TPSA) is 23.0 Å². The second kappa shape index (κ2) is 10.8. The van der Waals surface area contributed by atoms with Crippen molar-refractivity contribution in [3.05, 3.63) is 158 Å². The van der Waals surface area contributed by atoms with Gasteiger partial charge in [-0.2, -0.15) is 0 Å². The molecule has 0 N–H and O–H groups in total. The normalized spacial score (nSPS) is 11.6. The molecule has 0 radical (unpaired) electrons. The Hall–Kier alpha value is -6.06. The molecule has 0 bridgehead atoms. The third-order valence-corrected chi connectivity index (χ3v) is 9.30. The molecule has 0 aliphatic rings. The first kappa shape index (κ1) is 27.3. The number of rotatable bonds is 3. The van der Waals surface area contributed by atoms with Gasteiger partial charge in [-0.1, -0.05) is 111 Å². The van der Waals surface area contributed by atoms with Crippen LogP contribution in [-0.2, 0) is 0 Å². The Kier molecular flexibility index (Phi) is 6.26. The summed E-state index contributed by atoms with van der Waals surface area (Å²) in [4.78, 5) is 0. The predicted octanol–water partition coefficient (Wildman–Crippen LogP) is 12.5. The van der Waals surface area contributed by atoms with Crippen LogP contribution in [0.15, 0.2) is 162 Å². The van der Waals surface area contributed by atoms with Gasteiger partial charge in [-0.25, -0.2) is 0 Å². The zero-order valence-corrected chi connectivity index (χ0v) is 26.3. The molecule has 0 saturated heterocycles. The van der Waals surface area contributed by atoms with Crippen LogP contribution >= 0.6 is 0 Å². The number of hydrogen-bond donors (Lipinski definition) is 0. The molecule has 0 amide bonds. The van der Waals surface area contributed by atoms with Gasteiger partial charge in [-0.3, -0.25) is 0 Å². The highest BCUT2D eigenvalue weighted by atomic mass is 16.3. The van der Waals surface area contributed by atoms with E-state index in [4.69, 9.17) is 4.42 Å². The molecule has 0 spiro atoms. The average Bonchev–Trinajstić information content (AvgIpc) is 3.80. The second-order valence-corrected chi connectivity index (χ2v) is 11.8. The standard InChI is InChI=1S/C42H26N2O.C2H6/c1-2-12-29(13-3-1)43-36-18-8-6-16-32(36)34-24-27(22-23-39(34)43)28-25-35-33-17-7-11-21-41(33)45-42(35)40(26-28)44-37-19-9-4-14-30(37)31-15-5-10-20-38(31)44;1-2/h1-26H;1-2H3. The van der Waals surface area contributed by atoms with Gasteiger partial charge >= 0.3 is 0 Å². The van der Waals surface area contributed by atoms with E-state index < -0.39 is 0 Å². The second-order valence-electron chi connectivity index (χ2n) is 11.8. The van der Waals surface area contributed by atoms with Gasteiger partial charge in [0.15, 0.2) is 5.58 Å². The van der Waals surface area contributed by atoms with E-state index in [1.54, 1.807) is 0 Å². The minimum Gasteiger partial charge on any atom is -0.454 e. The van der Waals surface area contributed by atoms with Crippen LogP contribution < -0.4 is 0 Å². The van der Waals surface area contributed by atoms with E-state index in [0.29, 0.717) is 0 Å². The molecule has 3 nitrogen and oxygen atoms in total. The Morgan fingerprint density at radius 2 is 0.894 bits per heavy atom. The van der Waals surface area contributed by atoms with Crippen molar-refractivity contribution in [1.29, 1.82) is 0 Å². The molecule has 0 aliphatic heterocycles. The molecule has 47 heavy (non-hydrogen) atoms. The van der Waals surface area contributed by atoms with Gasteiger partial charge in [0, 0.05) is 38.0 Å². The Bertz CT molecular complexity index is 2710. The van der Waals surface area contributed by atoms with E-state index in [9.17, 15) is 0 Å². The summed E-state index contributed by atoms with van der Waals surface area (Å²) in [6.45, 7) is 4.00. The Balaban J connectivity index is 0.00000149. The van der Waals surface area contributed by atoms with E-state index in [1.165, 1.54) is 49.2 Å². The number of fused-ring (bicyclic) bond motifs is 9. The molecule has 10 rings (SSSR count). The van der Waals surface area contributed by atoms with Crippen molar-refractivity contribution in [2.75, 3.05) is 0 Å². The van der Waals surface area contributed by atoms with E-state index in [0.717, 1.165) is 38.9 Å². The SMILES string of the molecule is CC.c1ccc(-n2c3ccccc3c3cc(-c4cc(-n5c6ccccc6c6ccccc65)c5oc6ccccc6c5c4)ccc32)cc1. The maximum absolute atomic E-state index is 6.65. The van der Waals surface area contributed by atoms with Gasteiger partial charge in [0.25, 0.3) is 0 Å².